The Morgan fingerprint density at radius 1 is 1.10 bits per heavy atom. The lowest BCUT2D eigenvalue weighted by Crippen LogP contribution is -2.51. The quantitative estimate of drug-likeness (QED) is 0.467. The van der Waals surface area contributed by atoms with Crippen molar-refractivity contribution in [3.05, 3.63) is 58.1 Å². The van der Waals surface area contributed by atoms with Crippen LogP contribution >= 0.6 is 0 Å². The summed E-state index contributed by atoms with van der Waals surface area (Å²) < 4.78 is 37.3. The number of nitrogens with zero attached hydrogens (tertiary/aromatic N) is 3. The fourth-order valence-corrected chi connectivity index (χ4v) is 4.59. The second kappa shape index (κ2) is 9.31. The number of aryl methyl sites for hydroxylation is 1. The summed E-state index contributed by atoms with van der Waals surface area (Å²) in [4.78, 5) is 24.6. The lowest BCUT2D eigenvalue weighted by atomic mass is 10.2. The summed E-state index contributed by atoms with van der Waals surface area (Å²) in [5.74, 6) is -0.00837. The molecule has 3 rings (SSSR count). The van der Waals surface area contributed by atoms with Gasteiger partial charge >= 0.3 is 5.69 Å². The smallest absolute Gasteiger partial charge is 0.311 e. The second-order valence-corrected chi connectivity index (χ2v) is 8.92. The highest BCUT2D eigenvalue weighted by molar-refractivity contribution is 7.89. The van der Waals surface area contributed by atoms with Crippen molar-refractivity contribution in [2.75, 3.05) is 39.9 Å². The Kier molecular flexibility index (Phi) is 6.76. The average Bonchev–Trinajstić information content (AvgIpc) is 2.77. The number of amides is 1. The van der Waals surface area contributed by atoms with E-state index in [2.05, 4.69) is 0 Å². The van der Waals surface area contributed by atoms with Crippen LogP contribution in [-0.4, -0.2) is 68.3 Å². The van der Waals surface area contributed by atoms with E-state index in [4.69, 9.17) is 9.47 Å². The third kappa shape index (κ3) is 5.12. The first-order chi connectivity index (χ1) is 14.7. The molecule has 0 N–H and O–H groups in total. The van der Waals surface area contributed by atoms with Crippen LogP contribution in [0.2, 0.25) is 0 Å². The molecule has 0 spiro atoms. The van der Waals surface area contributed by atoms with Crippen LogP contribution in [0.15, 0.2) is 47.4 Å². The summed E-state index contributed by atoms with van der Waals surface area (Å²) in [6.45, 7) is 2.48. The van der Waals surface area contributed by atoms with Crippen molar-refractivity contribution in [1.82, 2.24) is 9.21 Å². The van der Waals surface area contributed by atoms with E-state index in [1.807, 2.05) is 6.92 Å². The largest absolute Gasteiger partial charge is 0.490 e. The molecule has 0 radical (unpaired) electrons. The molecule has 1 amide bonds. The van der Waals surface area contributed by atoms with Gasteiger partial charge in [-0.25, -0.2) is 8.42 Å². The number of rotatable bonds is 7. The van der Waals surface area contributed by atoms with Crippen molar-refractivity contribution in [3.63, 3.8) is 0 Å². The predicted molar refractivity (Wildman–Crippen MR) is 112 cm³/mol. The minimum atomic E-state index is -3.61. The Balaban J connectivity index is 1.56. The molecule has 0 saturated carbocycles. The maximum Gasteiger partial charge on any atom is 0.311 e. The Morgan fingerprint density at radius 2 is 1.74 bits per heavy atom. The van der Waals surface area contributed by atoms with E-state index in [1.165, 1.54) is 34.5 Å². The molecule has 2 aromatic rings. The third-order valence-corrected chi connectivity index (χ3v) is 6.87. The number of nitro benzene ring substituents is 1. The van der Waals surface area contributed by atoms with Crippen LogP contribution in [0.5, 0.6) is 11.5 Å². The summed E-state index contributed by atoms with van der Waals surface area (Å²) >= 11 is 0. The van der Waals surface area contributed by atoms with E-state index in [9.17, 15) is 23.3 Å². The van der Waals surface area contributed by atoms with Crippen LogP contribution in [0.1, 0.15) is 5.56 Å². The summed E-state index contributed by atoms with van der Waals surface area (Å²) in [5, 5.41) is 10.9. The first kappa shape index (κ1) is 22.5. The minimum Gasteiger partial charge on any atom is -0.490 e. The van der Waals surface area contributed by atoms with Crippen molar-refractivity contribution in [3.8, 4) is 11.5 Å². The molecular weight excluding hydrogens is 426 g/mol. The highest BCUT2D eigenvalue weighted by Gasteiger charge is 2.30. The molecule has 11 heteroatoms. The lowest BCUT2D eigenvalue weighted by molar-refractivity contribution is -0.385. The van der Waals surface area contributed by atoms with E-state index in [0.29, 0.717) is 0 Å². The van der Waals surface area contributed by atoms with Gasteiger partial charge < -0.3 is 14.4 Å². The van der Waals surface area contributed by atoms with Gasteiger partial charge in [-0.05, 0) is 25.1 Å². The van der Waals surface area contributed by atoms with Crippen LogP contribution in [-0.2, 0) is 14.8 Å². The zero-order valence-corrected chi connectivity index (χ0v) is 18.0. The SMILES string of the molecule is COc1cc(OCC(=O)N2CCN(S(=O)(=O)c3ccc(C)cc3)CC2)ccc1[N+](=O)[O-]. The molecule has 10 nitrogen and oxygen atoms in total. The molecule has 1 heterocycles. The zero-order valence-electron chi connectivity index (χ0n) is 17.2. The first-order valence-electron chi connectivity index (χ1n) is 9.52. The van der Waals surface area contributed by atoms with Gasteiger partial charge in [0.05, 0.1) is 16.9 Å². The van der Waals surface area contributed by atoms with Crippen molar-refractivity contribution < 1.29 is 27.6 Å². The lowest BCUT2D eigenvalue weighted by Gasteiger charge is -2.34. The monoisotopic (exact) mass is 449 g/mol. The van der Waals surface area contributed by atoms with E-state index < -0.39 is 14.9 Å². The number of sulfonamides is 1. The molecule has 1 fully saturated rings. The Labute approximate surface area is 180 Å². The topological polar surface area (TPSA) is 119 Å². The Morgan fingerprint density at radius 3 is 2.32 bits per heavy atom. The number of carbonyl (C=O) groups is 1. The van der Waals surface area contributed by atoms with Gasteiger partial charge in [-0.3, -0.25) is 14.9 Å². The van der Waals surface area contributed by atoms with Gasteiger partial charge in [0.15, 0.2) is 6.61 Å². The Bertz CT molecular complexity index is 1060. The molecule has 1 aliphatic rings. The number of hydrogen-bond donors (Lipinski definition) is 0. The van der Waals surface area contributed by atoms with E-state index >= 15 is 0 Å². The number of methoxy groups -OCH3 is 1. The maximum atomic E-state index is 12.8. The fourth-order valence-electron chi connectivity index (χ4n) is 3.17. The van der Waals surface area contributed by atoms with Gasteiger partial charge in [0.2, 0.25) is 15.8 Å². The number of nitro groups is 1. The van der Waals surface area contributed by atoms with E-state index in [0.717, 1.165) is 5.56 Å². The van der Waals surface area contributed by atoms with Gasteiger partial charge in [0.25, 0.3) is 5.91 Å². The highest BCUT2D eigenvalue weighted by Crippen LogP contribution is 2.30. The maximum absolute atomic E-state index is 12.8. The van der Waals surface area contributed by atoms with Crippen LogP contribution < -0.4 is 9.47 Å². The molecule has 0 aromatic heterocycles. The van der Waals surface area contributed by atoms with Crippen LogP contribution in [0.4, 0.5) is 5.69 Å². The normalized spacial score (nSPS) is 14.8. The molecule has 31 heavy (non-hydrogen) atoms. The van der Waals surface area contributed by atoms with E-state index in [1.54, 1.807) is 24.3 Å². The number of hydrogen-bond acceptors (Lipinski definition) is 7. The average molecular weight is 449 g/mol. The third-order valence-electron chi connectivity index (χ3n) is 4.96. The summed E-state index contributed by atoms with van der Waals surface area (Å²) in [5.41, 5.74) is 0.770. The first-order valence-corrected chi connectivity index (χ1v) is 11.0. The fraction of sp³-hybridized carbons (Fsp3) is 0.350. The van der Waals surface area contributed by atoms with Crippen molar-refractivity contribution in [1.29, 1.82) is 0 Å². The molecule has 1 saturated heterocycles. The molecular formula is C20H23N3O7S. The molecule has 1 aliphatic heterocycles. The zero-order chi connectivity index (χ0) is 22.6. The standard InChI is InChI=1S/C20H23N3O7S/c1-15-3-6-17(7-4-15)31(27,28)22-11-9-21(10-12-22)20(24)14-30-16-5-8-18(23(25)26)19(13-16)29-2/h3-8,13H,9-12,14H2,1-2H3. The molecule has 0 atom stereocenters. The van der Waals surface area contributed by atoms with Gasteiger partial charge in [-0.1, -0.05) is 17.7 Å². The van der Waals surface area contributed by atoms with Gasteiger partial charge in [-0.15, -0.1) is 0 Å². The number of carbonyl (C=O) groups excluding carboxylic acids is 1. The summed E-state index contributed by atoms with van der Waals surface area (Å²) in [6, 6.07) is 10.6. The molecule has 0 unspecified atom stereocenters. The number of ether oxygens (including phenoxy) is 2. The summed E-state index contributed by atoms with van der Waals surface area (Å²) in [7, 11) is -2.30. The van der Waals surface area contributed by atoms with Gasteiger partial charge in [-0.2, -0.15) is 4.31 Å². The number of piperazine rings is 1. The van der Waals surface area contributed by atoms with Crippen LogP contribution in [0.25, 0.3) is 0 Å². The van der Waals surface area contributed by atoms with Crippen LogP contribution in [0, 0.1) is 17.0 Å². The Hall–Kier alpha value is -3.18. The molecule has 166 valence electrons. The molecule has 0 aliphatic carbocycles. The molecule has 0 bridgehead atoms. The van der Waals surface area contributed by atoms with Crippen LogP contribution in [0.3, 0.4) is 0 Å². The van der Waals surface area contributed by atoms with Gasteiger partial charge in [0, 0.05) is 38.3 Å². The van der Waals surface area contributed by atoms with Crippen molar-refractivity contribution in [2.45, 2.75) is 11.8 Å². The summed E-state index contributed by atoms with van der Waals surface area (Å²) in [6.07, 6.45) is 0. The van der Waals surface area contributed by atoms with Gasteiger partial charge in [0.1, 0.15) is 5.75 Å². The van der Waals surface area contributed by atoms with Crippen molar-refractivity contribution in [2.24, 2.45) is 0 Å². The highest BCUT2D eigenvalue weighted by atomic mass is 32.2. The second-order valence-electron chi connectivity index (χ2n) is 6.98. The van der Waals surface area contributed by atoms with Crippen molar-refractivity contribution >= 4 is 21.6 Å². The molecule has 2 aromatic carbocycles. The predicted octanol–water partition coefficient (Wildman–Crippen LogP) is 1.82. The minimum absolute atomic E-state index is 0.0323. The van der Waals surface area contributed by atoms with E-state index in [-0.39, 0.29) is 60.8 Å². The number of benzene rings is 2.